The van der Waals surface area contributed by atoms with Crippen LogP contribution in [0.3, 0.4) is 0 Å². The highest BCUT2D eigenvalue weighted by molar-refractivity contribution is 6.30. The van der Waals surface area contributed by atoms with Gasteiger partial charge in [0.1, 0.15) is 5.82 Å². The van der Waals surface area contributed by atoms with Crippen molar-refractivity contribution < 1.29 is 13.9 Å². The van der Waals surface area contributed by atoms with Gasteiger partial charge in [0.25, 0.3) is 0 Å². The molecule has 3 heterocycles. The lowest BCUT2D eigenvalue weighted by Gasteiger charge is -2.50. The number of benzene rings is 1. The number of fused-ring (bicyclic) bond motifs is 1. The fourth-order valence-electron chi connectivity index (χ4n) is 4.52. The van der Waals surface area contributed by atoms with Crippen molar-refractivity contribution >= 4 is 17.5 Å². The summed E-state index contributed by atoms with van der Waals surface area (Å²) >= 11 is 5.87. The molecule has 0 bridgehead atoms. The van der Waals surface area contributed by atoms with Gasteiger partial charge in [-0.15, -0.1) is 0 Å². The van der Waals surface area contributed by atoms with Gasteiger partial charge < -0.3 is 15.0 Å². The number of halogens is 2. The number of hydrogen-bond donors (Lipinski definition) is 1. The van der Waals surface area contributed by atoms with Gasteiger partial charge in [0.2, 0.25) is 5.91 Å². The first-order valence-electron chi connectivity index (χ1n) is 9.42. The summed E-state index contributed by atoms with van der Waals surface area (Å²) in [5.41, 5.74) is 0.751. The van der Waals surface area contributed by atoms with Gasteiger partial charge in [-0.2, -0.15) is 0 Å². The van der Waals surface area contributed by atoms with Gasteiger partial charge in [-0.25, -0.2) is 4.39 Å². The molecule has 1 amide bonds. The zero-order chi connectivity index (χ0) is 18.1. The molecule has 3 aliphatic heterocycles. The number of rotatable bonds is 3. The summed E-state index contributed by atoms with van der Waals surface area (Å²) in [6.07, 6.45) is 2.67. The standard InChI is InChI=1S/C19H25ClFN3O2/c20-14-9-13(3-4-15(14)21)10-18(25)24-8-5-22-16-11-26-12-17(19(16)24)23-6-1-2-7-23/h3-4,9,16-17,19,22H,1-2,5-8,10-12H2/t16-,17+,19+/m1/s1. The Hall–Kier alpha value is -1.21. The van der Waals surface area contributed by atoms with E-state index in [1.54, 1.807) is 12.1 Å². The molecule has 3 saturated heterocycles. The maximum Gasteiger partial charge on any atom is 0.227 e. The van der Waals surface area contributed by atoms with E-state index >= 15 is 0 Å². The number of likely N-dealkylation sites (tertiary alicyclic amines) is 1. The molecule has 142 valence electrons. The number of ether oxygens (including phenoxy) is 1. The van der Waals surface area contributed by atoms with Gasteiger partial charge in [-0.3, -0.25) is 9.69 Å². The van der Waals surface area contributed by atoms with Crippen LogP contribution in [-0.2, 0) is 16.0 Å². The summed E-state index contributed by atoms with van der Waals surface area (Å²) in [6.45, 7) is 4.93. The fraction of sp³-hybridized carbons (Fsp3) is 0.632. The lowest BCUT2D eigenvalue weighted by Crippen LogP contribution is -2.70. The van der Waals surface area contributed by atoms with Gasteiger partial charge in [-0.05, 0) is 43.6 Å². The molecular weight excluding hydrogens is 357 g/mol. The van der Waals surface area contributed by atoms with E-state index in [-0.39, 0.29) is 35.5 Å². The first kappa shape index (κ1) is 18.2. The van der Waals surface area contributed by atoms with Gasteiger partial charge >= 0.3 is 0 Å². The molecular formula is C19H25ClFN3O2. The number of nitrogens with one attached hydrogen (secondary N) is 1. The lowest BCUT2D eigenvalue weighted by atomic mass is 9.92. The third kappa shape index (κ3) is 3.60. The number of nitrogens with zero attached hydrogens (tertiary/aromatic N) is 2. The number of hydrogen-bond acceptors (Lipinski definition) is 4. The van der Waals surface area contributed by atoms with Crippen molar-refractivity contribution in [3.05, 3.63) is 34.6 Å². The Labute approximate surface area is 158 Å². The summed E-state index contributed by atoms with van der Waals surface area (Å²) in [7, 11) is 0. The number of amides is 1. The van der Waals surface area contributed by atoms with Crippen molar-refractivity contribution in [2.75, 3.05) is 39.4 Å². The van der Waals surface area contributed by atoms with E-state index in [1.807, 2.05) is 4.90 Å². The predicted molar refractivity (Wildman–Crippen MR) is 97.8 cm³/mol. The summed E-state index contributed by atoms with van der Waals surface area (Å²) in [4.78, 5) is 17.6. The summed E-state index contributed by atoms with van der Waals surface area (Å²) in [5.74, 6) is -0.376. The van der Waals surface area contributed by atoms with Crippen molar-refractivity contribution in [1.29, 1.82) is 0 Å². The van der Waals surface area contributed by atoms with Gasteiger partial charge in [0.15, 0.2) is 0 Å². The van der Waals surface area contributed by atoms with Gasteiger partial charge in [0.05, 0.1) is 42.8 Å². The molecule has 0 unspecified atom stereocenters. The highest BCUT2D eigenvalue weighted by Gasteiger charge is 2.44. The molecule has 3 aliphatic rings. The second kappa shape index (κ2) is 7.80. The molecule has 26 heavy (non-hydrogen) atoms. The zero-order valence-electron chi connectivity index (χ0n) is 14.8. The van der Waals surface area contributed by atoms with Crippen LogP contribution in [0.2, 0.25) is 5.02 Å². The molecule has 5 nitrogen and oxygen atoms in total. The molecule has 1 N–H and O–H groups in total. The monoisotopic (exact) mass is 381 g/mol. The van der Waals surface area contributed by atoms with Crippen LogP contribution in [0, 0.1) is 5.82 Å². The highest BCUT2D eigenvalue weighted by Crippen LogP contribution is 2.26. The molecule has 0 aliphatic carbocycles. The molecule has 0 radical (unpaired) electrons. The summed E-state index contributed by atoms with van der Waals surface area (Å²) < 4.78 is 19.2. The van der Waals surface area contributed by atoms with E-state index in [0.717, 1.165) is 25.2 Å². The number of carbonyl (C=O) groups is 1. The van der Waals surface area contributed by atoms with E-state index in [0.29, 0.717) is 19.8 Å². The van der Waals surface area contributed by atoms with Crippen LogP contribution < -0.4 is 5.32 Å². The Morgan fingerprint density at radius 3 is 2.85 bits per heavy atom. The van der Waals surface area contributed by atoms with Crippen LogP contribution in [0.5, 0.6) is 0 Å². The molecule has 1 aromatic carbocycles. The van der Waals surface area contributed by atoms with E-state index in [4.69, 9.17) is 16.3 Å². The highest BCUT2D eigenvalue weighted by atomic mass is 35.5. The van der Waals surface area contributed by atoms with E-state index in [9.17, 15) is 9.18 Å². The topological polar surface area (TPSA) is 44.8 Å². The minimum atomic E-state index is -0.455. The quantitative estimate of drug-likeness (QED) is 0.865. The Balaban J connectivity index is 1.52. The normalized spacial score (nSPS) is 29.6. The van der Waals surface area contributed by atoms with Crippen LogP contribution >= 0.6 is 11.6 Å². The van der Waals surface area contributed by atoms with Crippen molar-refractivity contribution in [2.45, 2.75) is 37.4 Å². The zero-order valence-corrected chi connectivity index (χ0v) is 15.6. The minimum absolute atomic E-state index is 0.0643. The molecule has 0 spiro atoms. The fourth-order valence-corrected chi connectivity index (χ4v) is 4.72. The third-order valence-electron chi connectivity index (χ3n) is 5.78. The smallest absolute Gasteiger partial charge is 0.227 e. The van der Waals surface area contributed by atoms with Gasteiger partial charge in [0, 0.05) is 13.1 Å². The molecule has 0 saturated carbocycles. The predicted octanol–water partition coefficient (Wildman–Crippen LogP) is 1.69. The summed E-state index contributed by atoms with van der Waals surface area (Å²) in [5, 5.41) is 3.59. The van der Waals surface area contributed by atoms with Crippen LogP contribution in [0.1, 0.15) is 18.4 Å². The minimum Gasteiger partial charge on any atom is -0.378 e. The maximum atomic E-state index is 13.4. The maximum absolute atomic E-state index is 13.4. The van der Waals surface area contributed by atoms with Crippen molar-refractivity contribution in [3.63, 3.8) is 0 Å². The van der Waals surface area contributed by atoms with Crippen LogP contribution in [0.15, 0.2) is 18.2 Å². The SMILES string of the molecule is O=C(Cc1ccc(F)c(Cl)c1)N1CCN[C@@H]2COC[C@H](N3CCCC3)[C@H]21. The lowest BCUT2D eigenvalue weighted by molar-refractivity contribution is -0.142. The van der Waals surface area contributed by atoms with E-state index in [2.05, 4.69) is 10.2 Å². The van der Waals surface area contributed by atoms with Crippen LogP contribution in [0.4, 0.5) is 4.39 Å². The molecule has 1 aromatic rings. The molecule has 7 heteroatoms. The van der Waals surface area contributed by atoms with Crippen molar-refractivity contribution in [3.8, 4) is 0 Å². The molecule has 3 fully saturated rings. The van der Waals surface area contributed by atoms with E-state index < -0.39 is 5.82 Å². The third-order valence-corrected chi connectivity index (χ3v) is 6.07. The van der Waals surface area contributed by atoms with Gasteiger partial charge in [-0.1, -0.05) is 17.7 Å². The Morgan fingerprint density at radius 2 is 2.08 bits per heavy atom. The average molecular weight is 382 g/mol. The second-order valence-corrected chi connectivity index (χ2v) is 7.82. The molecule has 0 aromatic heterocycles. The Kier molecular flexibility index (Phi) is 5.45. The molecule has 4 rings (SSSR count). The van der Waals surface area contributed by atoms with E-state index in [1.165, 1.54) is 18.9 Å². The Morgan fingerprint density at radius 1 is 1.27 bits per heavy atom. The first-order chi connectivity index (χ1) is 12.6. The molecule has 3 atom stereocenters. The Bertz CT molecular complexity index is 666. The first-order valence-corrected chi connectivity index (χ1v) is 9.80. The largest absolute Gasteiger partial charge is 0.378 e. The van der Waals surface area contributed by atoms with Crippen LogP contribution in [-0.4, -0.2) is 73.2 Å². The number of piperazine rings is 1. The van der Waals surface area contributed by atoms with Crippen LogP contribution in [0.25, 0.3) is 0 Å². The van der Waals surface area contributed by atoms with Crippen molar-refractivity contribution in [2.24, 2.45) is 0 Å². The average Bonchev–Trinajstić information content (AvgIpc) is 3.18. The second-order valence-electron chi connectivity index (χ2n) is 7.41. The summed E-state index contributed by atoms with van der Waals surface area (Å²) in [6, 6.07) is 5.05. The van der Waals surface area contributed by atoms with Crippen molar-refractivity contribution in [1.82, 2.24) is 15.1 Å². The number of carbonyl (C=O) groups excluding carboxylic acids is 1.